The van der Waals surface area contributed by atoms with Gasteiger partial charge in [-0.05, 0) is 12.1 Å². The lowest BCUT2D eigenvalue weighted by Crippen LogP contribution is -2.23. The van der Waals surface area contributed by atoms with E-state index in [1.807, 2.05) is 0 Å². The average Bonchev–Trinajstić information content (AvgIpc) is 2.04. The summed E-state index contributed by atoms with van der Waals surface area (Å²) in [6, 6.07) is 3.49. The van der Waals surface area contributed by atoms with Gasteiger partial charge in [-0.25, -0.2) is 4.98 Å². The van der Waals surface area contributed by atoms with Crippen molar-refractivity contribution in [3.8, 4) is 0 Å². The van der Waals surface area contributed by atoms with E-state index >= 15 is 0 Å². The van der Waals surface area contributed by atoms with Crippen LogP contribution in [0.3, 0.4) is 0 Å². The SMILES string of the molecule is CN(C)C(=O)c1ncccc1S. The van der Waals surface area contributed by atoms with Crippen molar-refractivity contribution in [1.82, 2.24) is 9.88 Å². The number of nitrogens with zero attached hydrogens (tertiary/aromatic N) is 2. The Morgan fingerprint density at radius 1 is 1.58 bits per heavy atom. The molecule has 0 fully saturated rings. The van der Waals surface area contributed by atoms with Crippen LogP contribution in [0.1, 0.15) is 10.5 Å². The summed E-state index contributed by atoms with van der Waals surface area (Å²) in [6.45, 7) is 0. The molecule has 12 heavy (non-hydrogen) atoms. The molecule has 0 spiro atoms. The van der Waals surface area contributed by atoms with Crippen LogP contribution in [0.2, 0.25) is 0 Å². The first-order valence-corrected chi connectivity index (χ1v) is 3.93. The Kier molecular flexibility index (Phi) is 2.70. The van der Waals surface area contributed by atoms with Crippen LogP contribution in [-0.2, 0) is 0 Å². The normalized spacial score (nSPS) is 9.58. The van der Waals surface area contributed by atoms with Crippen LogP contribution in [0.25, 0.3) is 0 Å². The Bertz CT molecular complexity index is 299. The smallest absolute Gasteiger partial charge is 0.273 e. The molecule has 1 amide bonds. The second-order valence-corrected chi connectivity index (χ2v) is 3.05. The van der Waals surface area contributed by atoms with Crippen molar-refractivity contribution in [2.45, 2.75) is 4.90 Å². The van der Waals surface area contributed by atoms with Gasteiger partial charge in [0.05, 0.1) is 0 Å². The van der Waals surface area contributed by atoms with E-state index in [9.17, 15) is 4.79 Å². The van der Waals surface area contributed by atoms with Gasteiger partial charge in [0.2, 0.25) is 0 Å². The van der Waals surface area contributed by atoms with Crippen molar-refractivity contribution >= 4 is 18.5 Å². The summed E-state index contributed by atoms with van der Waals surface area (Å²) in [6.07, 6.45) is 1.58. The topological polar surface area (TPSA) is 33.2 Å². The number of hydrogen-bond acceptors (Lipinski definition) is 3. The van der Waals surface area contributed by atoms with Crippen molar-refractivity contribution in [2.24, 2.45) is 0 Å². The van der Waals surface area contributed by atoms with E-state index < -0.39 is 0 Å². The lowest BCUT2D eigenvalue weighted by Gasteiger charge is -2.09. The van der Waals surface area contributed by atoms with E-state index in [0.717, 1.165) is 0 Å². The average molecular weight is 182 g/mol. The molecule has 1 aromatic rings. The third-order valence-corrected chi connectivity index (χ3v) is 1.76. The van der Waals surface area contributed by atoms with E-state index in [-0.39, 0.29) is 5.91 Å². The minimum Gasteiger partial charge on any atom is -0.343 e. The molecule has 0 aliphatic heterocycles. The van der Waals surface area contributed by atoms with Gasteiger partial charge in [0.15, 0.2) is 0 Å². The van der Waals surface area contributed by atoms with E-state index in [4.69, 9.17) is 0 Å². The number of pyridine rings is 1. The molecule has 64 valence electrons. The summed E-state index contributed by atoms with van der Waals surface area (Å²) in [5, 5.41) is 0. The Morgan fingerprint density at radius 3 is 2.75 bits per heavy atom. The molecule has 0 aliphatic rings. The summed E-state index contributed by atoms with van der Waals surface area (Å²) in [5.74, 6) is -0.124. The van der Waals surface area contributed by atoms with Crippen LogP contribution in [0.5, 0.6) is 0 Å². The van der Waals surface area contributed by atoms with Crippen LogP contribution in [0.4, 0.5) is 0 Å². The molecule has 0 N–H and O–H groups in total. The fourth-order valence-corrected chi connectivity index (χ4v) is 1.01. The van der Waals surface area contributed by atoms with Gasteiger partial charge in [-0.1, -0.05) is 0 Å². The molecule has 0 aliphatic carbocycles. The maximum absolute atomic E-state index is 11.4. The predicted molar refractivity (Wildman–Crippen MR) is 49.5 cm³/mol. The van der Waals surface area contributed by atoms with Crippen LogP contribution >= 0.6 is 12.6 Å². The Hall–Kier alpha value is -1.03. The van der Waals surface area contributed by atoms with Gasteiger partial charge in [0.25, 0.3) is 5.91 Å². The summed E-state index contributed by atoms with van der Waals surface area (Å²) in [7, 11) is 3.37. The Balaban J connectivity index is 3.03. The molecule has 1 heterocycles. The van der Waals surface area contributed by atoms with Gasteiger partial charge in [-0.15, -0.1) is 12.6 Å². The van der Waals surface area contributed by atoms with Crippen molar-refractivity contribution in [3.63, 3.8) is 0 Å². The second-order valence-electron chi connectivity index (χ2n) is 2.57. The van der Waals surface area contributed by atoms with Gasteiger partial charge >= 0.3 is 0 Å². The fraction of sp³-hybridized carbons (Fsp3) is 0.250. The number of rotatable bonds is 1. The van der Waals surface area contributed by atoms with Gasteiger partial charge in [-0.3, -0.25) is 4.79 Å². The molecule has 0 bridgehead atoms. The predicted octanol–water partition coefficient (Wildman–Crippen LogP) is 1.07. The monoisotopic (exact) mass is 182 g/mol. The first kappa shape index (κ1) is 9.06. The molecule has 1 rings (SSSR count). The van der Waals surface area contributed by atoms with E-state index in [2.05, 4.69) is 17.6 Å². The van der Waals surface area contributed by atoms with Crippen molar-refractivity contribution < 1.29 is 4.79 Å². The van der Waals surface area contributed by atoms with Crippen molar-refractivity contribution in [3.05, 3.63) is 24.0 Å². The molecule has 3 nitrogen and oxygen atoms in total. The van der Waals surface area contributed by atoms with Gasteiger partial charge in [0, 0.05) is 25.2 Å². The largest absolute Gasteiger partial charge is 0.343 e. The highest BCUT2D eigenvalue weighted by molar-refractivity contribution is 7.80. The molecule has 0 unspecified atom stereocenters. The molecule has 1 aromatic heterocycles. The number of hydrogen-bond donors (Lipinski definition) is 1. The molecule has 4 heteroatoms. The van der Waals surface area contributed by atoms with Crippen LogP contribution in [0, 0.1) is 0 Å². The molecular formula is C8H10N2OS. The van der Waals surface area contributed by atoms with Crippen LogP contribution in [0.15, 0.2) is 23.2 Å². The second kappa shape index (κ2) is 3.58. The van der Waals surface area contributed by atoms with E-state index in [0.29, 0.717) is 10.6 Å². The lowest BCUT2D eigenvalue weighted by molar-refractivity contribution is 0.0818. The van der Waals surface area contributed by atoms with Crippen molar-refractivity contribution in [1.29, 1.82) is 0 Å². The molecule has 0 aromatic carbocycles. The Morgan fingerprint density at radius 2 is 2.25 bits per heavy atom. The highest BCUT2D eigenvalue weighted by Gasteiger charge is 2.11. The standard InChI is InChI=1S/C8H10N2OS/c1-10(2)8(11)7-6(12)4-3-5-9-7/h3-5,12H,1-2H3. The number of aromatic nitrogens is 1. The maximum Gasteiger partial charge on any atom is 0.273 e. The molecule has 0 saturated carbocycles. The number of carbonyl (C=O) groups is 1. The zero-order valence-corrected chi connectivity index (χ0v) is 7.88. The Labute approximate surface area is 76.8 Å². The maximum atomic E-state index is 11.4. The first-order valence-electron chi connectivity index (χ1n) is 3.48. The zero-order chi connectivity index (χ0) is 9.14. The third-order valence-electron chi connectivity index (χ3n) is 1.40. The molecule has 0 saturated heterocycles. The van der Waals surface area contributed by atoms with Gasteiger partial charge < -0.3 is 4.90 Å². The molecule has 0 radical (unpaired) electrons. The van der Waals surface area contributed by atoms with Gasteiger partial charge in [-0.2, -0.15) is 0 Å². The molecule has 0 atom stereocenters. The highest BCUT2D eigenvalue weighted by Crippen LogP contribution is 2.10. The fourth-order valence-electron chi connectivity index (χ4n) is 0.773. The first-order chi connectivity index (χ1) is 5.63. The number of thiol groups is 1. The minimum absolute atomic E-state index is 0.124. The summed E-state index contributed by atoms with van der Waals surface area (Å²) >= 11 is 4.12. The number of carbonyl (C=O) groups excluding carboxylic acids is 1. The summed E-state index contributed by atoms with van der Waals surface area (Å²) in [5.41, 5.74) is 0.394. The van der Waals surface area contributed by atoms with Crippen molar-refractivity contribution in [2.75, 3.05) is 14.1 Å². The molecular weight excluding hydrogens is 172 g/mol. The summed E-state index contributed by atoms with van der Waals surface area (Å²) in [4.78, 5) is 17.4. The lowest BCUT2D eigenvalue weighted by atomic mass is 10.3. The quantitative estimate of drug-likeness (QED) is 0.659. The zero-order valence-electron chi connectivity index (χ0n) is 6.98. The van der Waals surface area contributed by atoms with Gasteiger partial charge in [0.1, 0.15) is 5.69 Å². The highest BCUT2D eigenvalue weighted by atomic mass is 32.1. The minimum atomic E-state index is -0.124. The van der Waals surface area contributed by atoms with Crippen LogP contribution in [-0.4, -0.2) is 29.9 Å². The number of amides is 1. The van der Waals surface area contributed by atoms with E-state index in [1.54, 1.807) is 32.4 Å². The third kappa shape index (κ3) is 1.76. The van der Waals surface area contributed by atoms with Crippen LogP contribution < -0.4 is 0 Å². The summed E-state index contributed by atoms with van der Waals surface area (Å²) < 4.78 is 0. The van der Waals surface area contributed by atoms with E-state index in [1.165, 1.54) is 4.90 Å².